The number of carbonyl (C=O) groups is 2. The molecule has 0 spiro atoms. The average molecular weight is 295 g/mol. The average Bonchev–Trinajstić information content (AvgIpc) is 2.96. The van der Waals surface area contributed by atoms with Crippen molar-refractivity contribution in [1.29, 1.82) is 0 Å². The summed E-state index contributed by atoms with van der Waals surface area (Å²) in [6.45, 7) is 3.74. The summed E-state index contributed by atoms with van der Waals surface area (Å²) in [6, 6.07) is 9.27. The molecule has 5 nitrogen and oxygen atoms in total. The number of rotatable bonds is 2. The highest BCUT2D eigenvalue weighted by atomic mass is 16.2. The molecule has 0 unspecified atom stereocenters. The van der Waals surface area contributed by atoms with Crippen LogP contribution >= 0.6 is 0 Å². The molecule has 0 bridgehead atoms. The number of anilines is 1. The molecule has 2 aromatic rings. The Hall–Kier alpha value is -2.66. The third kappa shape index (κ3) is 2.16. The van der Waals surface area contributed by atoms with E-state index in [9.17, 15) is 9.59 Å². The molecule has 0 aliphatic carbocycles. The Kier molecular flexibility index (Phi) is 3.42. The summed E-state index contributed by atoms with van der Waals surface area (Å²) >= 11 is 0. The highest BCUT2D eigenvalue weighted by Gasteiger charge is 2.35. The summed E-state index contributed by atoms with van der Waals surface area (Å²) in [5.41, 5.74) is 10.2. The fourth-order valence-electron chi connectivity index (χ4n) is 2.76. The summed E-state index contributed by atoms with van der Waals surface area (Å²) in [7, 11) is 0. The van der Waals surface area contributed by atoms with Crippen LogP contribution in [0.25, 0.3) is 11.6 Å². The Morgan fingerprint density at radius 2 is 2.05 bits per heavy atom. The largest absolute Gasteiger partial charge is 0.359 e. The van der Waals surface area contributed by atoms with Crippen LogP contribution in [0.2, 0.25) is 0 Å². The van der Waals surface area contributed by atoms with E-state index in [0.717, 1.165) is 27.4 Å². The second kappa shape index (κ2) is 5.27. The van der Waals surface area contributed by atoms with Crippen molar-refractivity contribution in [1.82, 2.24) is 4.98 Å². The summed E-state index contributed by atoms with van der Waals surface area (Å²) < 4.78 is 0. The van der Waals surface area contributed by atoms with Crippen LogP contribution in [-0.2, 0) is 9.59 Å². The summed E-state index contributed by atoms with van der Waals surface area (Å²) in [5.74, 6) is -0.733. The van der Waals surface area contributed by atoms with Crippen molar-refractivity contribution in [2.24, 2.45) is 5.73 Å². The van der Waals surface area contributed by atoms with Gasteiger partial charge in [0.15, 0.2) is 0 Å². The van der Waals surface area contributed by atoms with Crippen LogP contribution in [0.4, 0.5) is 5.69 Å². The normalized spacial score (nSPS) is 15.5. The van der Waals surface area contributed by atoms with Crippen molar-refractivity contribution in [3.63, 3.8) is 0 Å². The third-order valence-electron chi connectivity index (χ3n) is 3.77. The van der Waals surface area contributed by atoms with Crippen molar-refractivity contribution in [2.45, 2.75) is 13.8 Å². The Morgan fingerprint density at radius 1 is 1.32 bits per heavy atom. The molecule has 22 heavy (non-hydrogen) atoms. The molecule has 3 rings (SSSR count). The fourth-order valence-corrected chi connectivity index (χ4v) is 2.76. The van der Waals surface area contributed by atoms with Crippen molar-refractivity contribution in [3.05, 3.63) is 52.8 Å². The fraction of sp³-hybridized carbons (Fsp3) is 0.176. The van der Waals surface area contributed by atoms with E-state index in [0.29, 0.717) is 11.3 Å². The first-order valence-corrected chi connectivity index (χ1v) is 7.07. The Balaban J connectivity index is 2.15. The molecule has 2 amide bonds. The van der Waals surface area contributed by atoms with Crippen LogP contribution in [0, 0.1) is 13.8 Å². The number of aryl methyl sites for hydroxylation is 2. The minimum atomic E-state index is -0.403. The quantitative estimate of drug-likeness (QED) is 0.832. The van der Waals surface area contributed by atoms with Crippen molar-refractivity contribution in [3.8, 4) is 0 Å². The van der Waals surface area contributed by atoms with Gasteiger partial charge in [-0.2, -0.15) is 0 Å². The van der Waals surface area contributed by atoms with Gasteiger partial charge in [-0.25, -0.2) is 4.90 Å². The lowest BCUT2D eigenvalue weighted by molar-refractivity contribution is -0.122. The second-order valence-electron chi connectivity index (χ2n) is 5.36. The maximum Gasteiger partial charge on any atom is 0.265 e. The molecular formula is C17H17N3O2. The summed E-state index contributed by atoms with van der Waals surface area (Å²) in [4.78, 5) is 29.0. The number of amides is 2. The van der Waals surface area contributed by atoms with E-state index in [-0.39, 0.29) is 12.5 Å². The van der Waals surface area contributed by atoms with E-state index < -0.39 is 5.91 Å². The number of para-hydroxylation sites is 1. The Labute approximate surface area is 128 Å². The number of hydrogen-bond donors (Lipinski definition) is 2. The lowest BCUT2D eigenvalue weighted by Gasteiger charge is -2.13. The van der Waals surface area contributed by atoms with Crippen LogP contribution in [0.1, 0.15) is 22.5 Å². The van der Waals surface area contributed by atoms with E-state index in [1.54, 1.807) is 18.2 Å². The number of nitrogens with zero attached hydrogens (tertiary/aromatic N) is 1. The number of aromatic nitrogens is 1. The monoisotopic (exact) mass is 295 g/mol. The SMILES string of the molecule is Cc1cc(C)c(/C=C2\C(=O)N(C(=O)CN)c3ccccc32)[nH]1. The molecule has 112 valence electrons. The smallest absolute Gasteiger partial charge is 0.265 e. The second-order valence-corrected chi connectivity index (χ2v) is 5.36. The van der Waals surface area contributed by atoms with Crippen molar-refractivity contribution < 1.29 is 9.59 Å². The zero-order valence-corrected chi connectivity index (χ0v) is 12.5. The number of imide groups is 1. The number of aromatic amines is 1. The number of carbonyl (C=O) groups excluding carboxylic acids is 2. The molecule has 2 heterocycles. The number of benzene rings is 1. The molecule has 3 N–H and O–H groups in total. The predicted molar refractivity (Wildman–Crippen MR) is 86.1 cm³/mol. The van der Waals surface area contributed by atoms with Crippen molar-refractivity contribution >= 4 is 29.2 Å². The maximum absolute atomic E-state index is 12.7. The highest BCUT2D eigenvalue weighted by Crippen LogP contribution is 2.37. The summed E-state index contributed by atoms with van der Waals surface area (Å²) in [5, 5.41) is 0. The predicted octanol–water partition coefficient (Wildman–Crippen LogP) is 2.00. The van der Waals surface area contributed by atoms with Gasteiger partial charge >= 0.3 is 0 Å². The van der Waals surface area contributed by atoms with Crippen LogP contribution in [0.3, 0.4) is 0 Å². The number of H-pyrrole nitrogens is 1. The van der Waals surface area contributed by atoms with Gasteiger partial charge in [-0.15, -0.1) is 0 Å². The standard InChI is InChI=1S/C17H17N3O2/c1-10-7-11(2)19-14(10)8-13-12-5-3-4-6-15(12)20(17(13)22)16(21)9-18/h3-8,19H,9,18H2,1-2H3/b13-8-. The van der Waals surface area contributed by atoms with Crippen LogP contribution < -0.4 is 10.6 Å². The first-order chi connectivity index (χ1) is 10.5. The van der Waals surface area contributed by atoms with Gasteiger partial charge in [0.25, 0.3) is 5.91 Å². The number of fused-ring (bicyclic) bond motifs is 1. The molecule has 1 aliphatic heterocycles. The topological polar surface area (TPSA) is 79.2 Å². The number of hydrogen-bond acceptors (Lipinski definition) is 3. The molecule has 1 aromatic heterocycles. The molecule has 5 heteroatoms. The van der Waals surface area contributed by atoms with Gasteiger partial charge in [-0.3, -0.25) is 9.59 Å². The van der Waals surface area contributed by atoms with Crippen molar-refractivity contribution in [2.75, 3.05) is 11.4 Å². The van der Waals surface area contributed by atoms with Crippen LogP contribution in [0.5, 0.6) is 0 Å². The lowest BCUT2D eigenvalue weighted by Crippen LogP contribution is -2.38. The molecule has 0 radical (unpaired) electrons. The number of nitrogens with two attached hydrogens (primary N) is 1. The van der Waals surface area contributed by atoms with Gasteiger partial charge in [0, 0.05) is 17.0 Å². The first-order valence-electron chi connectivity index (χ1n) is 7.07. The minimum absolute atomic E-state index is 0.200. The van der Waals surface area contributed by atoms with E-state index in [4.69, 9.17) is 5.73 Å². The van der Waals surface area contributed by atoms with E-state index in [1.165, 1.54) is 0 Å². The van der Waals surface area contributed by atoms with Gasteiger partial charge in [-0.05, 0) is 37.6 Å². The lowest BCUT2D eigenvalue weighted by atomic mass is 10.1. The third-order valence-corrected chi connectivity index (χ3v) is 3.77. The van der Waals surface area contributed by atoms with Crippen LogP contribution in [-0.4, -0.2) is 23.3 Å². The van der Waals surface area contributed by atoms with E-state index >= 15 is 0 Å². The Bertz CT molecular complexity index is 802. The maximum atomic E-state index is 12.7. The van der Waals surface area contributed by atoms with E-state index in [1.807, 2.05) is 32.0 Å². The molecule has 0 saturated carbocycles. The Morgan fingerprint density at radius 3 is 2.68 bits per heavy atom. The zero-order valence-electron chi connectivity index (χ0n) is 12.5. The molecule has 1 aromatic carbocycles. The molecule has 0 saturated heterocycles. The molecule has 0 atom stereocenters. The number of nitrogens with one attached hydrogen (secondary N) is 1. The van der Waals surface area contributed by atoms with E-state index in [2.05, 4.69) is 4.98 Å². The molecule has 1 aliphatic rings. The van der Waals surface area contributed by atoms with Gasteiger partial charge in [-0.1, -0.05) is 18.2 Å². The van der Waals surface area contributed by atoms with Gasteiger partial charge < -0.3 is 10.7 Å². The molecular weight excluding hydrogens is 278 g/mol. The minimum Gasteiger partial charge on any atom is -0.359 e. The van der Waals surface area contributed by atoms with Gasteiger partial charge in [0.1, 0.15) is 0 Å². The van der Waals surface area contributed by atoms with Gasteiger partial charge in [0.2, 0.25) is 5.91 Å². The first kappa shape index (κ1) is 14.3. The van der Waals surface area contributed by atoms with Crippen LogP contribution in [0.15, 0.2) is 30.3 Å². The molecule has 0 fully saturated rings. The highest BCUT2D eigenvalue weighted by molar-refractivity contribution is 6.42. The zero-order chi connectivity index (χ0) is 15.9. The summed E-state index contributed by atoms with van der Waals surface area (Å²) in [6.07, 6.45) is 1.80. The van der Waals surface area contributed by atoms with Gasteiger partial charge in [0.05, 0.1) is 17.8 Å².